The predicted octanol–water partition coefficient (Wildman–Crippen LogP) is 0.597. The summed E-state index contributed by atoms with van der Waals surface area (Å²) in [6, 6.07) is 0. The van der Waals surface area contributed by atoms with Crippen LogP contribution in [0.2, 0.25) is 0 Å². The quantitative estimate of drug-likeness (QED) is 0.376. The molecule has 0 rings (SSSR count). The summed E-state index contributed by atoms with van der Waals surface area (Å²) in [7, 11) is 0. The van der Waals surface area contributed by atoms with Crippen LogP contribution in [0.15, 0.2) is 23.7 Å². The maximum Gasteiger partial charge on any atom is 0.154 e. The molecule has 0 atom stereocenters. The van der Waals surface area contributed by atoms with Crippen LogP contribution in [0.5, 0.6) is 0 Å². The lowest BCUT2D eigenvalue weighted by molar-refractivity contribution is 0.423. The summed E-state index contributed by atoms with van der Waals surface area (Å²) < 4.78 is 0. The van der Waals surface area contributed by atoms with E-state index in [1.54, 1.807) is 6.08 Å². The summed E-state index contributed by atoms with van der Waals surface area (Å²) in [5.41, 5.74) is 10.1. The van der Waals surface area contributed by atoms with Gasteiger partial charge in [0.2, 0.25) is 0 Å². The maximum atomic E-state index is 8.80. The Morgan fingerprint density at radius 1 is 1.56 bits per heavy atom. The van der Waals surface area contributed by atoms with Crippen LogP contribution in [-0.4, -0.2) is 5.11 Å². The van der Waals surface area contributed by atoms with E-state index in [1.807, 2.05) is 6.92 Å². The van der Waals surface area contributed by atoms with Crippen molar-refractivity contribution in [2.75, 3.05) is 0 Å². The first-order valence-corrected chi connectivity index (χ1v) is 2.79. The highest BCUT2D eigenvalue weighted by atomic mass is 16.3. The van der Waals surface area contributed by atoms with Crippen molar-refractivity contribution < 1.29 is 5.11 Å². The Morgan fingerprint density at radius 2 is 2.11 bits per heavy atom. The molecule has 0 aliphatic rings. The van der Waals surface area contributed by atoms with E-state index in [0.717, 1.165) is 6.42 Å². The largest absolute Gasteiger partial charge is 0.504 e. The van der Waals surface area contributed by atoms with Crippen molar-refractivity contribution in [3.63, 3.8) is 0 Å². The molecule has 0 radical (unpaired) electrons. The van der Waals surface area contributed by atoms with E-state index >= 15 is 0 Å². The summed E-state index contributed by atoms with van der Waals surface area (Å²) >= 11 is 0. The van der Waals surface area contributed by atoms with Crippen LogP contribution in [0.4, 0.5) is 0 Å². The molecule has 0 bridgehead atoms. The molecular formula is C6H12N2O. The van der Waals surface area contributed by atoms with Crippen molar-refractivity contribution in [3.05, 3.63) is 23.7 Å². The first-order valence-electron chi connectivity index (χ1n) is 2.79. The third-order valence-corrected chi connectivity index (χ3v) is 0.807. The van der Waals surface area contributed by atoms with E-state index in [0.29, 0.717) is 0 Å². The first kappa shape index (κ1) is 7.88. The monoisotopic (exact) mass is 128 g/mol. The summed E-state index contributed by atoms with van der Waals surface area (Å²) in [5, 5.41) is 8.80. The van der Waals surface area contributed by atoms with Gasteiger partial charge in [-0.25, -0.2) is 0 Å². The molecule has 52 valence electrons. The van der Waals surface area contributed by atoms with Gasteiger partial charge in [-0.05, 0) is 12.5 Å². The fraction of sp³-hybridized carbons (Fsp3) is 0.333. The Morgan fingerprint density at radius 3 is 2.44 bits per heavy atom. The third-order valence-electron chi connectivity index (χ3n) is 0.807. The van der Waals surface area contributed by atoms with Gasteiger partial charge in [0.15, 0.2) is 5.76 Å². The maximum absolute atomic E-state index is 8.80. The minimum atomic E-state index is -0.0585. The first-order chi connectivity index (χ1) is 4.18. The van der Waals surface area contributed by atoms with Crippen LogP contribution in [-0.2, 0) is 0 Å². The van der Waals surface area contributed by atoms with Crippen LogP contribution in [0.25, 0.3) is 0 Å². The Kier molecular flexibility index (Phi) is 3.35. The molecule has 0 amide bonds. The van der Waals surface area contributed by atoms with Gasteiger partial charge in [-0.1, -0.05) is 13.0 Å². The van der Waals surface area contributed by atoms with Crippen molar-refractivity contribution in [2.45, 2.75) is 13.3 Å². The molecule has 0 heterocycles. The van der Waals surface area contributed by atoms with Crippen LogP contribution in [0.3, 0.4) is 0 Å². The van der Waals surface area contributed by atoms with E-state index < -0.39 is 0 Å². The molecule has 3 heteroatoms. The second-order valence-corrected chi connectivity index (χ2v) is 1.65. The fourth-order valence-corrected chi connectivity index (χ4v) is 0.326. The molecule has 0 aromatic heterocycles. The van der Waals surface area contributed by atoms with Crippen LogP contribution < -0.4 is 11.5 Å². The van der Waals surface area contributed by atoms with E-state index in [-0.39, 0.29) is 11.6 Å². The molecule has 0 saturated heterocycles. The molecular weight excluding hydrogens is 116 g/mol. The van der Waals surface area contributed by atoms with Crippen molar-refractivity contribution in [3.8, 4) is 0 Å². The topological polar surface area (TPSA) is 72.3 Å². The summed E-state index contributed by atoms with van der Waals surface area (Å²) in [4.78, 5) is 0. The molecule has 9 heavy (non-hydrogen) atoms. The highest BCUT2D eigenvalue weighted by Crippen LogP contribution is 1.91. The molecule has 0 aliphatic carbocycles. The normalized spacial score (nSPS) is 9.89. The minimum absolute atomic E-state index is 0.0419. The van der Waals surface area contributed by atoms with Gasteiger partial charge in [0.05, 0.1) is 0 Å². The van der Waals surface area contributed by atoms with E-state index in [4.69, 9.17) is 16.6 Å². The number of aliphatic hydroxyl groups excluding tert-OH is 1. The molecule has 0 aromatic carbocycles. The average molecular weight is 128 g/mol. The predicted molar refractivity (Wildman–Crippen MR) is 37.5 cm³/mol. The van der Waals surface area contributed by atoms with Gasteiger partial charge < -0.3 is 16.6 Å². The van der Waals surface area contributed by atoms with Gasteiger partial charge in [-0.3, -0.25) is 0 Å². The van der Waals surface area contributed by atoms with Gasteiger partial charge in [0, 0.05) is 0 Å². The molecule has 0 fully saturated rings. The van der Waals surface area contributed by atoms with Crippen LogP contribution in [0, 0.1) is 0 Å². The number of aliphatic hydroxyl groups is 1. The van der Waals surface area contributed by atoms with E-state index in [1.165, 1.54) is 6.08 Å². The summed E-state index contributed by atoms with van der Waals surface area (Å²) in [6.45, 7) is 1.95. The van der Waals surface area contributed by atoms with Crippen molar-refractivity contribution in [2.24, 2.45) is 11.5 Å². The summed E-state index contributed by atoms with van der Waals surface area (Å²) in [6.07, 6.45) is 4.11. The van der Waals surface area contributed by atoms with E-state index in [9.17, 15) is 0 Å². The smallest absolute Gasteiger partial charge is 0.154 e. The van der Waals surface area contributed by atoms with Crippen LogP contribution >= 0.6 is 0 Å². The standard InChI is InChI=1S/C6H12N2O/c1-2-3-4-5(9)6(7)8/h3-4,9H,2,7-8H2,1H3/b4-3-. The molecule has 0 spiro atoms. The van der Waals surface area contributed by atoms with Gasteiger partial charge in [0.1, 0.15) is 5.82 Å². The number of hydrogen-bond acceptors (Lipinski definition) is 3. The van der Waals surface area contributed by atoms with Gasteiger partial charge in [-0.15, -0.1) is 0 Å². The molecule has 0 unspecified atom stereocenters. The Balaban J connectivity index is 3.91. The lowest BCUT2D eigenvalue weighted by Crippen LogP contribution is -2.10. The lowest BCUT2D eigenvalue weighted by Gasteiger charge is -1.92. The lowest BCUT2D eigenvalue weighted by atomic mass is 10.4. The van der Waals surface area contributed by atoms with Gasteiger partial charge >= 0.3 is 0 Å². The van der Waals surface area contributed by atoms with Gasteiger partial charge in [0.25, 0.3) is 0 Å². The fourth-order valence-electron chi connectivity index (χ4n) is 0.326. The van der Waals surface area contributed by atoms with Crippen molar-refractivity contribution in [1.82, 2.24) is 0 Å². The second kappa shape index (κ2) is 3.83. The van der Waals surface area contributed by atoms with Gasteiger partial charge in [-0.2, -0.15) is 0 Å². The number of allylic oxidation sites excluding steroid dienone is 2. The zero-order valence-electron chi connectivity index (χ0n) is 5.46. The van der Waals surface area contributed by atoms with Crippen molar-refractivity contribution in [1.29, 1.82) is 0 Å². The minimum Gasteiger partial charge on any atom is -0.504 e. The SMILES string of the molecule is CC/C=C\C(O)=C(N)N. The Hall–Kier alpha value is -1.12. The van der Waals surface area contributed by atoms with Crippen LogP contribution in [0.1, 0.15) is 13.3 Å². The molecule has 3 nitrogen and oxygen atoms in total. The molecule has 0 aromatic rings. The van der Waals surface area contributed by atoms with Crippen molar-refractivity contribution >= 4 is 0 Å². The second-order valence-electron chi connectivity index (χ2n) is 1.65. The molecule has 5 N–H and O–H groups in total. The zero-order valence-corrected chi connectivity index (χ0v) is 5.46. The molecule has 0 aliphatic heterocycles. The Labute approximate surface area is 54.7 Å². The van der Waals surface area contributed by atoms with E-state index in [2.05, 4.69) is 0 Å². The number of nitrogens with two attached hydrogens (primary N) is 2. The Bertz CT molecular complexity index is 134. The zero-order chi connectivity index (χ0) is 7.28. The third kappa shape index (κ3) is 3.46. The highest BCUT2D eigenvalue weighted by molar-refractivity contribution is 5.13. The average Bonchev–Trinajstić information content (AvgIpc) is 1.82. The summed E-state index contributed by atoms with van der Waals surface area (Å²) in [5.74, 6) is -0.100. The molecule has 0 saturated carbocycles. The number of hydrogen-bond donors (Lipinski definition) is 3. The highest BCUT2D eigenvalue weighted by Gasteiger charge is 1.86. The number of rotatable bonds is 2.